The lowest BCUT2D eigenvalue weighted by molar-refractivity contribution is -0.214. The van der Waals surface area contributed by atoms with Gasteiger partial charge in [0.15, 0.2) is 5.79 Å². The van der Waals surface area contributed by atoms with Gasteiger partial charge in [0, 0.05) is 25.5 Å². The fraction of sp³-hybridized carbons (Fsp3) is 0.906. The largest absolute Gasteiger partial charge is 0.466 e. The summed E-state index contributed by atoms with van der Waals surface area (Å²) in [4.78, 5) is 11.1. The Morgan fingerprint density at radius 3 is 2.20 bits per heavy atom. The van der Waals surface area contributed by atoms with Gasteiger partial charge in [0.05, 0.1) is 38.6 Å². The molecule has 8 nitrogen and oxygen atoms in total. The van der Waals surface area contributed by atoms with Gasteiger partial charge in [0.25, 0.3) is 0 Å². The molecule has 0 aromatic rings. The van der Waals surface area contributed by atoms with E-state index in [0.29, 0.717) is 6.61 Å². The van der Waals surface area contributed by atoms with E-state index in [4.69, 9.17) is 25.1 Å². The van der Waals surface area contributed by atoms with Crippen LogP contribution in [0.2, 0.25) is 0 Å². The number of unbranched alkanes of at least 4 members (excludes halogenated alkanes) is 14. The zero-order valence-electron chi connectivity index (χ0n) is 25.2. The number of carbonyl (C=O) groups excluding carboxylic acids is 1. The third-order valence-electron chi connectivity index (χ3n) is 8.26. The zero-order chi connectivity index (χ0) is 28.9. The number of carbonyl (C=O) groups is 1. The lowest BCUT2D eigenvalue weighted by atomic mass is 9.94. The van der Waals surface area contributed by atoms with Crippen LogP contribution >= 0.6 is 0 Å². The van der Waals surface area contributed by atoms with Gasteiger partial charge in [0.2, 0.25) is 0 Å². The van der Waals surface area contributed by atoms with E-state index in [1.54, 1.807) is 0 Å². The van der Waals surface area contributed by atoms with Crippen molar-refractivity contribution in [3.63, 3.8) is 0 Å². The highest BCUT2D eigenvalue weighted by Gasteiger charge is 2.52. The Hall–Kier alpha value is -1.03. The number of aliphatic hydroxyl groups excluding tert-OH is 2. The number of ether oxygens (including phenoxy) is 4. The van der Waals surface area contributed by atoms with Gasteiger partial charge < -0.3 is 34.9 Å². The maximum Gasteiger partial charge on any atom is 0.330 e. The molecule has 0 spiro atoms. The molecule has 0 saturated carbocycles. The van der Waals surface area contributed by atoms with Crippen LogP contribution in [0.15, 0.2) is 12.2 Å². The normalized spacial score (nSPS) is 25.1. The lowest BCUT2D eigenvalue weighted by Crippen LogP contribution is -2.41. The number of rotatable bonds is 25. The Balaban J connectivity index is 1.42. The Bertz CT molecular complexity index is 676. The van der Waals surface area contributed by atoms with Crippen LogP contribution in [-0.2, 0) is 23.7 Å². The molecule has 2 fully saturated rings. The average Bonchev–Trinajstić information content (AvgIpc) is 3.27. The predicted octanol–water partition coefficient (Wildman–Crippen LogP) is 5.71. The van der Waals surface area contributed by atoms with Gasteiger partial charge in [-0.3, -0.25) is 0 Å². The number of hydrogen-bond acceptors (Lipinski definition) is 8. The van der Waals surface area contributed by atoms with Gasteiger partial charge in [-0.15, -0.1) is 0 Å². The quantitative estimate of drug-likeness (QED) is 0.0727. The van der Waals surface area contributed by atoms with Crippen molar-refractivity contribution in [2.45, 2.75) is 159 Å². The Morgan fingerprint density at radius 2 is 1.57 bits per heavy atom. The number of aliphatic hydroxyl groups is 2. The van der Waals surface area contributed by atoms with Crippen molar-refractivity contribution < 1.29 is 34.0 Å². The van der Waals surface area contributed by atoms with Crippen LogP contribution in [0.5, 0.6) is 0 Å². The summed E-state index contributed by atoms with van der Waals surface area (Å²) in [6, 6.07) is -0.248. The van der Waals surface area contributed by atoms with E-state index in [-0.39, 0.29) is 30.8 Å². The smallest absolute Gasteiger partial charge is 0.330 e. The summed E-state index contributed by atoms with van der Waals surface area (Å²) in [5.41, 5.74) is 5.61. The van der Waals surface area contributed by atoms with E-state index < -0.39 is 11.9 Å². The zero-order valence-corrected chi connectivity index (χ0v) is 25.2. The van der Waals surface area contributed by atoms with Crippen LogP contribution in [-0.4, -0.2) is 73.3 Å². The molecular weight excluding hydrogens is 510 g/mol. The van der Waals surface area contributed by atoms with E-state index in [9.17, 15) is 9.90 Å². The van der Waals surface area contributed by atoms with Gasteiger partial charge in [-0.05, 0) is 38.5 Å². The molecule has 2 aliphatic rings. The Kier molecular flexibility index (Phi) is 19.0. The molecule has 2 rings (SSSR count). The monoisotopic (exact) mass is 569 g/mol. The first-order chi connectivity index (χ1) is 19.5. The van der Waals surface area contributed by atoms with Crippen molar-refractivity contribution >= 4 is 5.97 Å². The fourth-order valence-corrected chi connectivity index (χ4v) is 5.82. The van der Waals surface area contributed by atoms with Gasteiger partial charge in [-0.2, -0.15) is 0 Å². The molecule has 2 saturated heterocycles. The standard InChI is InChI=1S/C32H59NO7/c1-37-30(36)20-16-12-11-15-19-29-31-28(35)21-23-32(39-29,40-31)22-17-13-9-7-5-3-2-4-6-8-10-14-18-24-38-26-27(33)25-34/h16,20,27-29,31,34-35H,2-15,17-19,21-26,33H2,1H3/b20-16+/t27?,28-,29-,31-,32+/m1/s1. The van der Waals surface area contributed by atoms with Gasteiger partial charge in [0.1, 0.15) is 6.10 Å². The average molecular weight is 570 g/mol. The third kappa shape index (κ3) is 14.7. The Labute approximate surface area is 243 Å². The van der Waals surface area contributed by atoms with E-state index in [2.05, 4.69) is 4.74 Å². The number of fused-ring (bicyclic) bond motifs is 2. The number of nitrogens with two attached hydrogens (primary N) is 1. The second-order valence-corrected chi connectivity index (χ2v) is 11.8. The van der Waals surface area contributed by atoms with Gasteiger partial charge in [-0.25, -0.2) is 4.79 Å². The molecular formula is C32H59NO7. The maximum atomic E-state index is 11.1. The third-order valence-corrected chi connectivity index (χ3v) is 8.26. The topological polar surface area (TPSA) is 120 Å². The van der Waals surface area contributed by atoms with E-state index in [0.717, 1.165) is 64.4 Å². The Morgan fingerprint density at radius 1 is 0.950 bits per heavy atom. The lowest BCUT2D eigenvalue weighted by Gasteiger charge is -2.33. The molecule has 0 aliphatic carbocycles. The van der Waals surface area contributed by atoms with Gasteiger partial charge in [-0.1, -0.05) is 83.1 Å². The molecule has 2 aliphatic heterocycles. The first-order valence-electron chi connectivity index (χ1n) is 16.2. The molecule has 40 heavy (non-hydrogen) atoms. The minimum Gasteiger partial charge on any atom is -0.466 e. The highest BCUT2D eigenvalue weighted by Crippen LogP contribution is 2.44. The number of allylic oxidation sites excluding steroid dienone is 1. The first kappa shape index (κ1) is 35.2. The van der Waals surface area contributed by atoms with Crippen LogP contribution < -0.4 is 5.73 Å². The van der Waals surface area contributed by atoms with E-state index in [1.165, 1.54) is 83.8 Å². The molecule has 5 atom stereocenters. The van der Waals surface area contributed by atoms with Crippen molar-refractivity contribution in [3.05, 3.63) is 12.2 Å². The predicted molar refractivity (Wildman–Crippen MR) is 158 cm³/mol. The maximum absolute atomic E-state index is 11.1. The molecule has 1 unspecified atom stereocenters. The second kappa shape index (κ2) is 21.6. The van der Waals surface area contributed by atoms with Crippen molar-refractivity contribution in [1.29, 1.82) is 0 Å². The molecule has 2 bridgehead atoms. The molecule has 2 heterocycles. The van der Waals surface area contributed by atoms with Crippen molar-refractivity contribution in [2.75, 3.05) is 26.9 Å². The SMILES string of the molecule is COC(=O)/C=C/CCCC[C@H]1O[C@]2(CCCCCCCCCCCCCCCOCC(N)CO)CC[C@@H](O)[C@H]1O2. The van der Waals surface area contributed by atoms with Crippen LogP contribution in [0, 0.1) is 0 Å². The molecule has 0 aromatic heterocycles. The van der Waals surface area contributed by atoms with Crippen molar-refractivity contribution in [1.82, 2.24) is 0 Å². The van der Waals surface area contributed by atoms with Crippen molar-refractivity contribution in [3.8, 4) is 0 Å². The summed E-state index contributed by atoms with van der Waals surface area (Å²) in [6.07, 6.45) is 25.3. The van der Waals surface area contributed by atoms with Crippen LogP contribution in [0.1, 0.15) is 128 Å². The first-order valence-corrected chi connectivity index (χ1v) is 16.2. The molecule has 0 amide bonds. The van der Waals surface area contributed by atoms with Crippen LogP contribution in [0.4, 0.5) is 0 Å². The summed E-state index contributed by atoms with van der Waals surface area (Å²) in [7, 11) is 1.38. The number of methoxy groups -OCH3 is 1. The summed E-state index contributed by atoms with van der Waals surface area (Å²) in [5.74, 6) is -0.801. The number of hydrogen-bond donors (Lipinski definition) is 3. The van der Waals surface area contributed by atoms with Gasteiger partial charge >= 0.3 is 5.97 Å². The minimum atomic E-state index is -0.486. The molecule has 4 N–H and O–H groups in total. The second-order valence-electron chi connectivity index (χ2n) is 11.8. The molecule has 8 heteroatoms. The van der Waals surface area contributed by atoms with E-state index in [1.807, 2.05) is 6.08 Å². The van der Waals surface area contributed by atoms with Crippen LogP contribution in [0.25, 0.3) is 0 Å². The summed E-state index contributed by atoms with van der Waals surface area (Å²) < 4.78 is 22.8. The molecule has 234 valence electrons. The summed E-state index contributed by atoms with van der Waals surface area (Å²) >= 11 is 0. The fourth-order valence-electron chi connectivity index (χ4n) is 5.82. The molecule has 0 radical (unpaired) electrons. The van der Waals surface area contributed by atoms with E-state index >= 15 is 0 Å². The minimum absolute atomic E-state index is 0.0117. The van der Waals surface area contributed by atoms with Crippen molar-refractivity contribution in [2.24, 2.45) is 5.73 Å². The number of esters is 1. The highest BCUT2D eigenvalue weighted by molar-refractivity contribution is 5.81. The summed E-state index contributed by atoms with van der Waals surface area (Å²) in [6.45, 7) is 1.19. The summed E-state index contributed by atoms with van der Waals surface area (Å²) in [5, 5.41) is 19.3. The highest BCUT2D eigenvalue weighted by atomic mass is 16.8. The molecule has 0 aromatic carbocycles. The van der Waals surface area contributed by atoms with Crippen LogP contribution in [0.3, 0.4) is 0 Å².